The Kier molecular flexibility index (Phi) is 7.95. The van der Waals surface area contributed by atoms with Crippen molar-refractivity contribution in [2.24, 2.45) is 4.99 Å². The van der Waals surface area contributed by atoms with E-state index in [4.69, 9.17) is 25.7 Å². The number of nitrogens with zero attached hydrogens (tertiary/aromatic N) is 4. The number of ether oxygens (including phenoxy) is 1. The Balaban J connectivity index is 1.63. The van der Waals surface area contributed by atoms with E-state index in [0.717, 1.165) is 23.1 Å². The first kappa shape index (κ1) is 26.9. The van der Waals surface area contributed by atoms with Crippen molar-refractivity contribution >= 4 is 56.7 Å². The van der Waals surface area contributed by atoms with E-state index in [1.54, 1.807) is 27.7 Å². The number of benzene rings is 1. The maximum atomic E-state index is 13.9. The van der Waals surface area contributed by atoms with Crippen LogP contribution in [0.1, 0.15) is 38.1 Å². The van der Waals surface area contributed by atoms with Crippen LogP contribution in [0.2, 0.25) is 5.02 Å². The fourth-order valence-electron chi connectivity index (χ4n) is 4.80. The minimum absolute atomic E-state index is 0.129. The van der Waals surface area contributed by atoms with Crippen molar-refractivity contribution in [3.63, 3.8) is 0 Å². The van der Waals surface area contributed by atoms with Crippen molar-refractivity contribution in [2.45, 2.75) is 26.8 Å². The van der Waals surface area contributed by atoms with Crippen LogP contribution in [0.3, 0.4) is 0 Å². The molecule has 3 aromatic rings. The lowest BCUT2D eigenvalue weighted by molar-refractivity contribution is -0.127. The van der Waals surface area contributed by atoms with Gasteiger partial charge in [0.25, 0.3) is 11.5 Å². The molecule has 38 heavy (non-hydrogen) atoms. The average Bonchev–Trinajstić information content (AvgIpc) is 3.43. The highest BCUT2D eigenvalue weighted by Crippen LogP contribution is 2.33. The molecule has 0 bridgehead atoms. The molecule has 1 saturated heterocycles. The van der Waals surface area contributed by atoms with E-state index >= 15 is 0 Å². The topological polar surface area (TPSA) is 80.3 Å². The lowest BCUT2D eigenvalue weighted by atomic mass is 9.94. The number of hydrogen-bond acceptors (Lipinski definition) is 7. The number of hydrogen-bond donors (Lipinski definition) is 0. The van der Waals surface area contributed by atoms with Crippen molar-refractivity contribution in [2.75, 3.05) is 44.3 Å². The molecule has 1 amide bonds. The van der Waals surface area contributed by atoms with Gasteiger partial charge in [-0.15, -0.1) is 0 Å². The number of carbonyl (C=O) groups excluding carboxylic acids is 1. The molecule has 0 N–H and O–H groups in total. The van der Waals surface area contributed by atoms with Crippen LogP contribution in [-0.4, -0.2) is 54.8 Å². The molecule has 5 rings (SSSR count). The summed E-state index contributed by atoms with van der Waals surface area (Å²) in [5, 5.41) is 0.581. The Morgan fingerprint density at radius 1 is 1.24 bits per heavy atom. The number of amides is 1. The summed E-state index contributed by atoms with van der Waals surface area (Å²) in [5.41, 5.74) is 1.66. The molecule has 0 aliphatic carbocycles. The summed E-state index contributed by atoms with van der Waals surface area (Å²) < 4.78 is 14.5. The molecule has 1 aromatic carbocycles. The third kappa shape index (κ3) is 5.02. The molecule has 2 aliphatic heterocycles. The smallest absolute Gasteiger partial charge is 0.271 e. The van der Waals surface area contributed by atoms with E-state index in [1.807, 2.05) is 39.0 Å². The number of thiazole rings is 1. The molecular formula is C27H28BrClN4O4S. The van der Waals surface area contributed by atoms with Gasteiger partial charge in [0.2, 0.25) is 5.88 Å². The summed E-state index contributed by atoms with van der Waals surface area (Å²) in [4.78, 5) is 36.6. The monoisotopic (exact) mass is 618 g/mol. The zero-order valence-corrected chi connectivity index (χ0v) is 24.5. The number of allylic oxidation sites excluding steroid dienone is 1. The molecule has 1 atom stereocenters. The molecule has 200 valence electrons. The Hall–Kier alpha value is -2.66. The highest BCUT2D eigenvalue weighted by atomic mass is 79.9. The van der Waals surface area contributed by atoms with Gasteiger partial charge in [-0.3, -0.25) is 14.2 Å². The summed E-state index contributed by atoms with van der Waals surface area (Å²) >= 11 is 11.0. The number of anilines is 1. The van der Waals surface area contributed by atoms with Crippen molar-refractivity contribution < 1.29 is 13.9 Å². The van der Waals surface area contributed by atoms with Crippen LogP contribution in [0.15, 0.2) is 60.3 Å². The van der Waals surface area contributed by atoms with Crippen LogP contribution in [0.4, 0.5) is 5.88 Å². The van der Waals surface area contributed by atoms with Crippen molar-refractivity contribution in [3.8, 4) is 0 Å². The lowest BCUT2D eigenvalue weighted by Crippen LogP contribution is -2.43. The van der Waals surface area contributed by atoms with Gasteiger partial charge in [-0.25, -0.2) is 4.99 Å². The standard InChI is InChI=1S/C27H28BrClN4O4S/c1-4-31(5-2)25(35)22-16(3)30-27-33(23(22)17-6-8-18(29)9-7-17)24(34)21(38-27)15-19-14-20(28)26(37-19)32-10-12-36-13-11-32/h6-9,14-15,23H,4-5,10-13H2,1-3H3/b21-15+/t23-/m0/s1. The number of carbonyl (C=O) groups is 1. The molecular weight excluding hydrogens is 592 g/mol. The van der Waals surface area contributed by atoms with Gasteiger partial charge in [0.1, 0.15) is 5.76 Å². The Morgan fingerprint density at radius 3 is 2.58 bits per heavy atom. The SMILES string of the molecule is CCN(CC)C(=O)C1=C(C)N=c2s/c(=C/c3cc(Br)c(N4CCOCC4)o3)c(=O)n2[C@H]1c1ccc(Cl)cc1. The van der Waals surface area contributed by atoms with Gasteiger partial charge >= 0.3 is 0 Å². The fourth-order valence-corrected chi connectivity index (χ4v) is 6.51. The van der Waals surface area contributed by atoms with Crippen LogP contribution >= 0.6 is 38.9 Å². The molecule has 1 fully saturated rings. The van der Waals surface area contributed by atoms with Crippen LogP contribution in [0.25, 0.3) is 6.08 Å². The molecule has 11 heteroatoms. The van der Waals surface area contributed by atoms with E-state index in [9.17, 15) is 9.59 Å². The Labute approximate surface area is 237 Å². The predicted octanol–water partition coefficient (Wildman–Crippen LogP) is 3.95. The van der Waals surface area contributed by atoms with Gasteiger partial charge in [-0.2, -0.15) is 0 Å². The predicted molar refractivity (Wildman–Crippen MR) is 153 cm³/mol. The number of likely N-dealkylation sites (N-methyl/N-ethyl adjacent to an activating group) is 1. The second kappa shape index (κ2) is 11.2. The molecule has 2 aromatic heterocycles. The molecule has 0 spiro atoms. The first-order valence-corrected chi connectivity index (χ1v) is 14.5. The third-order valence-corrected chi connectivity index (χ3v) is 8.55. The number of rotatable bonds is 6. The van der Waals surface area contributed by atoms with E-state index in [-0.39, 0.29) is 11.5 Å². The number of fused-ring (bicyclic) bond motifs is 1. The number of aromatic nitrogens is 1. The maximum absolute atomic E-state index is 13.9. The Bertz CT molecular complexity index is 1560. The van der Waals surface area contributed by atoms with Crippen LogP contribution in [0, 0.1) is 0 Å². The first-order chi connectivity index (χ1) is 18.3. The molecule has 0 radical (unpaired) electrons. The largest absolute Gasteiger partial charge is 0.440 e. The van der Waals surface area contributed by atoms with E-state index < -0.39 is 6.04 Å². The third-order valence-electron chi connectivity index (χ3n) is 6.75. The number of morpholine rings is 1. The van der Waals surface area contributed by atoms with Gasteiger partial charge in [-0.1, -0.05) is 35.1 Å². The van der Waals surface area contributed by atoms with Gasteiger partial charge in [0.15, 0.2) is 4.80 Å². The fraction of sp³-hybridized carbons (Fsp3) is 0.370. The molecule has 4 heterocycles. The van der Waals surface area contributed by atoms with Gasteiger partial charge in [0.05, 0.1) is 39.5 Å². The number of furan rings is 1. The maximum Gasteiger partial charge on any atom is 0.271 e. The van der Waals surface area contributed by atoms with E-state index in [0.29, 0.717) is 63.6 Å². The quantitative estimate of drug-likeness (QED) is 0.418. The van der Waals surface area contributed by atoms with Crippen molar-refractivity contribution in [1.29, 1.82) is 0 Å². The summed E-state index contributed by atoms with van der Waals surface area (Å²) in [7, 11) is 0. The van der Waals surface area contributed by atoms with Crippen LogP contribution < -0.4 is 19.8 Å². The van der Waals surface area contributed by atoms with Crippen molar-refractivity contribution in [1.82, 2.24) is 9.47 Å². The summed E-state index contributed by atoms with van der Waals surface area (Å²) in [5.74, 6) is 1.15. The molecule has 0 saturated carbocycles. The van der Waals surface area contributed by atoms with Gasteiger partial charge < -0.3 is 19.0 Å². The van der Waals surface area contributed by atoms with Crippen LogP contribution in [-0.2, 0) is 9.53 Å². The number of halogens is 2. The molecule has 8 nitrogen and oxygen atoms in total. The minimum Gasteiger partial charge on any atom is -0.440 e. The first-order valence-electron chi connectivity index (χ1n) is 12.5. The summed E-state index contributed by atoms with van der Waals surface area (Å²) in [6.45, 7) is 9.57. The Morgan fingerprint density at radius 2 is 1.92 bits per heavy atom. The average molecular weight is 620 g/mol. The van der Waals surface area contributed by atoms with Gasteiger partial charge in [-0.05, 0) is 54.4 Å². The second-order valence-electron chi connectivity index (χ2n) is 9.01. The molecule has 2 aliphatic rings. The highest BCUT2D eigenvalue weighted by molar-refractivity contribution is 9.10. The summed E-state index contributed by atoms with van der Waals surface area (Å²) in [6, 6.07) is 8.50. The second-order valence-corrected chi connectivity index (χ2v) is 11.3. The normalized spacial score (nSPS) is 18.0. The lowest BCUT2D eigenvalue weighted by Gasteiger charge is -2.29. The minimum atomic E-state index is -0.619. The van der Waals surface area contributed by atoms with Crippen LogP contribution in [0.5, 0.6) is 0 Å². The molecule has 0 unspecified atom stereocenters. The summed E-state index contributed by atoms with van der Waals surface area (Å²) in [6.07, 6.45) is 1.74. The van der Waals surface area contributed by atoms with E-state index in [1.165, 1.54) is 11.3 Å². The van der Waals surface area contributed by atoms with E-state index in [2.05, 4.69) is 20.8 Å². The van der Waals surface area contributed by atoms with Gasteiger partial charge in [0, 0.05) is 43.3 Å². The van der Waals surface area contributed by atoms with Crippen molar-refractivity contribution in [3.05, 3.63) is 82.1 Å². The zero-order valence-electron chi connectivity index (χ0n) is 21.4. The highest BCUT2D eigenvalue weighted by Gasteiger charge is 2.34. The zero-order chi connectivity index (χ0) is 27.0.